The Bertz CT molecular complexity index is 328. The van der Waals surface area contributed by atoms with Gasteiger partial charge in [-0.1, -0.05) is 5.16 Å². The summed E-state index contributed by atoms with van der Waals surface area (Å²) in [5.74, 6) is 0.738. The maximum Gasteiger partial charge on any atom is 0.252 e. The molecule has 0 saturated carbocycles. The molecule has 2 heterocycles. The van der Waals surface area contributed by atoms with Gasteiger partial charge in [0.05, 0.1) is 0 Å². The van der Waals surface area contributed by atoms with Gasteiger partial charge in [-0.05, 0) is 6.92 Å². The smallest absolute Gasteiger partial charge is 0.252 e. The van der Waals surface area contributed by atoms with Crippen molar-refractivity contribution in [3.63, 3.8) is 0 Å². The summed E-state index contributed by atoms with van der Waals surface area (Å²) in [6, 6.07) is 0. The fourth-order valence-corrected chi connectivity index (χ4v) is 1.91. The summed E-state index contributed by atoms with van der Waals surface area (Å²) < 4.78 is 16.0. The molecule has 90 valence electrons. The first-order chi connectivity index (χ1) is 7.80. The Kier molecular flexibility index (Phi) is 3.52. The number of hydrogen-bond acceptors (Lipinski definition) is 6. The standard InChI is InChI=1S/C10H16N2O4/c1-2-15-10(3-5-14-6-4-10)9-11-8(7-13)16-12-9/h13H,2-7H2,1H3. The first kappa shape index (κ1) is 11.5. The number of nitrogens with zero attached hydrogens (tertiary/aromatic N) is 2. The van der Waals surface area contributed by atoms with E-state index in [1.165, 1.54) is 0 Å². The predicted octanol–water partition coefficient (Wildman–Crippen LogP) is 0.604. The van der Waals surface area contributed by atoms with Gasteiger partial charge < -0.3 is 19.1 Å². The molecule has 1 aliphatic rings. The van der Waals surface area contributed by atoms with Crippen molar-refractivity contribution in [2.75, 3.05) is 19.8 Å². The summed E-state index contributed by atoms with van der Waals surface area (Å²) in [7, 11) is 0. The van der Waals surface area contributed by atoms with Crippen LogP contribution in [0.3, 0.4) is 0 Å². The predicted molar refractivity (Wildman–Crippen MR) is 53.6 cm³/mol. The molecule has 0 radical (unpaired) electrons. The molecule has 1 fully saturated rings. The van der Waals surface area contributed by atoms with E-state index in [2.05, 4.69) is 10.1 Å². The van der Waals surface area contributed by atoms with Crippen molar-refractivity contribution in [2.24, 2.45) is 0 Å². The van der Waals surface area contributed by atoms with Crippen LogP contribution in [0.1, 0.15) is 31.5 Å². The molecule has 1 N–H and O–H groups in total. The number of ether oxygens (including phenoxy) is 2. The van der Waals surface area contributed by atoms with Gasteiger partial charge in [0, 0.05) is 32.7 Å². The third-order valence-electron chi connectivity index (χ3n) is 2.73. The van der Waals surface area contributed by atoms with E-state index in [1.807, 2.05) is 6.92 Å². The van der Waals surface area contributed by atoms with Crippen molar-refractivity contribution in [3.8, 4) is 0 Å². The zero-order chi connectivity index (χ0) is 11.4. The Balaban J connectivity index is 2.23. The fourth-order valence-electron chi connectivity index (χ4n) is 1.91. The second-order valence-electron chi connectivity index (χ2n) is 3.71. The van der Waals surface area contributed by atoms with Gasteiger partial charge in [0.15, 0.2) is 0 Å². The molecule has 0 aromatic carbocycles. The third kappa shape index (κ3) is 2.09. The van der Waals surface area contributed by atoms with Gasteiger partial charge in [-0.2, -0.15) is 4.98 Å². The lowest BCUT2D eigenvalue weighted by atomic mass is 9.93. The van der Waals surface area contributed by atoms with Gasteiger partial charge in [0.2, 0.25) is 5.82 Å². The van der Waals surface area contributed by atoms with Crippen molar-refractivity contribution in [1.29, 1.82) is 0 Å². The number of aromatic nitrogens is 2. The van der Waals surface area contributed by atoms with Gasteiger partial charge in [0.1, 0.15) is 12.2 Å². The first-order valence-electron chi connectivity index (χ1n) is 5.46. The largest absolute Gasteiger partial charge is 0.387 e. The quantitative estimate of drug-likeness (QED) is 0.813. The molecule has 0 spiro atoms. The van der Waals surface area contributed by atoms with Gasteiger partial charge >= 0.3 is 0 Å². The van der Waals surface area contributed by atoms with Crippen LogP contribution in [0.25, 0.3) is 0 Å². The monoisotopic (exact) mass is 228 g/mol. The molecule has 0 atom stereocenters. The highest BCUT2D eigenvalue weighted by atomic mass is 16.5. The van der Waals surface area contributed by atoms with Gasteiger partial charge in [-0.15, -0.1) is 0 Å². The molecular formula is C10H16N2O4. The van der Waals surface area contributed by atoms with Gasteiger partial charge in [-0.25, -0.2) is 0 Å². The Morgan fingerprint density at radius 3 is 2.75 bits per heavy atom. The lowest BCUT2D eigenvalue weighted by Gasteiger charge is -2.33. The van der Waals surface area contributed by atoms with Crippen molar-refractivity contribution in [3.05, 3.63) is 11.7 Å². The molecule has 0 amide bonds. The van der Waals surface area contributed by atoms with Crippen LogP contribution in [-0.4, -0.2) is 35.1 Å². The molecule has 0 bridgehead atoms. The lowest BCUT2D eigenvalue weighted by Crippen LogP contribution is -2.37. The Labute approximate surface area is 93.6 Å². The molecule has 0 aliphatic carbocycles. The summed E-state index contributed by atoms with van der Waals surface area (Å²) in [5.41, 5.74) is -0.510. The van der Waals surface area contributed by atoms with E-state index in [1.54, 1.807) is 0 Å². The van der Waals surface area contributed by atoms with E-state index < -0.39 is 5.60 Å². The van der Waals surface area contributed by atoms with Crippen molar-refractivity contribution in [2.45, 2.75) is 32.0 Å². The minimum atomic E-state index is -0.510. The lowest BCUT2D eigenvalue weighted by molar-refractivity contribution is -0.118. The van der Waals surface area contributed by atoms with Gasteiger partial charge in [-0.3, -0.25) is 0 Å². The number of hydrogen-bond donors (Lipinski definition) is 1. The molecule has 2 rings (SSSR count). The van der Waals surface area contributed by atoms with E-state index >= 15 is 0 Å². The van der Waals surface area contributed by atoms with E-state index in [9.17, 15) is 0 Å². The molecule has 0 unspecified atom stereocenters. The number of aliphatic hydroxyl groups is 1. The maximum absolute atomic E-state index is 8.90. The summed E-state index contributed by atoms with van der Waals surface area (Å²) >= 11 is 0. The maximum atomic E-state index is 8.90. The molecule has 16 heavy (non-hydrogen) atoms. The van der Waals surface area contributed by atoms with E-state index in [-0.39, 0.29) is 12.5 Å². The summed E-state index contributed by atoms with van der Waals surface area (Å²) in [6.45, 7) is 3.53. The van der Waals surface area contributed by atoms with Crippen LogP contribution in [0.5, 0.6) is 0 Å². The van der Waals surface area contributed by atoms with Crippen LogP contribution < -0.4 is 0 Å². The van der Waals surface area contributed by atoms with E-state index in [0.717, 1.165) is 0 Å². The highest BCUT2D eigenvalue weighted by Crippen LogP contribution is 2.34. The Morgan fingerprint density at radius 2 is 2.19 bits per heavy atom. The van der Waals surface area contributed by atoms with Crippen LogP contribution in [0.4, 0.5) is 0 Å². The van der Waals surface area contributed by atoms with Crippen LogP contribution >= 0.6 is 0 Å². The first-order valence-corrected chi connectivity index (χ1v) is 5.46. The molecule has 1 aromatic heterocycles. The van der Waals surface area contributed by atoms with Crippen LogP contribution in [-0.2, 0) is 21.7 Å². The van der Waals surface area contributed by atoms with Crippen molar-refractivity contribution in [1.82, 2.24) is 10.1 Å². The van der Waals surface area contributed by atoms with E-state index in [0.29, 0.717) is 38.5 Å². The number of rotatable bonds is 4. The van der Waals surface area contributed by atoms with Crippen LogP contribution in [0, 0.1) is 0 Å². The number of aliphatic hydroxyl groups excluding tert-OH is 1. The summed E-state index contributed by atoms with van der Waals surface area (Å²) in [4.78, 5) is 4.13. The minimum Gasteiger partial charge on any atom is -0.387 e. The normalized spacial score (nSPS) is 19.9. The van der Waals surface area contributed by atoms with Crippen molar-refractivity contribution >= 4 is 0 Å². The Morgan fingerprint density at radius 1 is 1.44 bits per heavy atom. The SMILES string of the molecule is CCOC1(c2noc(CO)n2)CCOCC1. The molecule has 6 nitrogen and oxygen atoms in total. The molecule has 1 saturated heterocycles. The van der Waals surface area contributed by atoms with Crippen molar-refractivity contribution < 1.29 is 19.1 Å². The molecular weight excluding hydrogens is 212 g/mol. The Hall–Kier alpha value is -0.980. The zero-order valence-electron chi connectivity index (χ0n) is 9.31. The van der Waals surface area contributed by atoms with E-state index in [4.69, 9.17) is 19.1 Å². The highest BCUT2D eigenvalue weighted by Gasteiger charge is 2.39. The van der Waals surface area contributed by atoms with Crippen LogP contribution in [0.2, 0.25) is 0 Å². The second-order valence-corrected chi connectivity index (χ2v) is 3.71. The third-order valence-corrected chi connectivity index (χ3v) is 2.73. The minimum absolute atomic E-state index is 0.223. The summed E-state index contributed by atoms with van der Waals surface area (Å²) in [6.07, 6.45) is 1.43. The summed E-state index contributed by atoms with van der Waals surface area (Å²) in [5, 5.41) is 12.8. The molecule has 1 aromatic rings. The highest BCUT2D eigenvalue weighted by molar-refractivity contribution is 5.02. The fraction of sp³-hybridized carbons (Fsp3) is 0.800. The topological polar surface area (TPSA) is 77.6 Å². The molecule has 6 heteroatoms. The zero-order valence-corrected chi connectivity index (χ0v) is 9.31. The average molecular weight is 228 g/mol. The molecule has 1 aliphatic heterocycles. The van der Waals surface area contributed by atoms with Crippen LogP contribution in [0.15, 0.2) is 4.52 Å². The van der Waals surface area contributed by atoms with Gasteiger partial charge in [0.25, 0.3) is 5.89 Å². The average Bonchev–Trinajstić information content (AvgIpc) is 2.80. The second kappa shape index (κ2) is 4.90.